The highest BCUT2D eigenvalue weighted by Gasteiger charge is 2.15. The molecule has 0 radical (unpaired) electrons. The minimum Gasteiger partial charge on any atom is -0.295 e. The van der Waals surface area contributed by atoms with Crippen LogP contribution in [0.15, 0.2) is 11.6 Å². The first-order valence-corrected chi connectivity index (χ1v) is 9.32. The zero-order chi connectivity index (χ0) is 16.7. The number of ketones is 1. The van der Waals surface area contributed by atoms with Crippen molar-refractivity contribution in [2.75, 3.05) is 0 Å². The molecule has 2 atom stereocenters. The molecule has 0 aliphatic carbocycles. The molecule has 21 heavy (non-hydrogen) atoms. The lowest BCUT2D eigenvalue weighted by atomic mass is 9.84. The third-order valence-corrected chi connectivity index (χ3v) is 4.13. The fourth-order valence-corrected chi connectivity index (χ4v) is 2.56. The lowest BCUT2D eigenvalue weighted by Crippen LogP contribution is -2.09. The third kappa shape index (κ3) is 11.7. The summed E-state index contributed by atoms with van der Waals surface area (Å²) in [6.45, 7) is 15.0. The van der Waals surface area contributed by atoms with Gasteiger partial charge in [0, 0.05) is 6.42 Å². The van der Waals surface area contributed by atoms with Crippen molar-refractivity contribution in [3.63, 3.8) is 0 Å². The Hall–Kier alpha value is -0.590. The van der Waals surface area contributed by atoms with Crippen LogP contribution in [0.5, 0.6) is 0 Å². The van der Waals surface area contributed by atoms with Gasteiger partial charge in [-0.1, -0.05) is 86.1 Å². The van der Waals surface area contributed by atoms with Gasteiger partial charge < -0.3 is 0 Å². The molecule has 0 saturated carbocycles. The van der Waals surface area contributed by atoms with Crippen LogP contribution in [0.4, 0.5) is 0 Å². The number of allylic oxidation sites excluding steroid dienone is 2. The zero-order valence-electron chi connectivity index (χ0n) is 15.8. The summed E-state index contributed by atoms with van der Waals surface area (Å²) < 4.78 is 0. The number of hydrogen-bond acceptors (Lipinski definition) is 1. The van der Waals surface area contributed by atoms with E-state index in [-0.39, 0.29) is 0 Å². The maximum atomic E-state index is 11.7. The molecule has 0 aromatic heterocycles. The van der Waals surface area contributed by atoms with Crippen LogP contribution in [0.3, 0.4) is 0 Å². The molecule has 0 heterocycles. The molecular formula is C20H40O. The Balaban J connectivity index is 0. The van der Waals surface area contributed by atoms with Crippen LogP contribution in [0, 0.1) is 11.8 Å². The number of rotatable bonds is 11. The van der Waals surface area contributed by atoms with E-state index in [2.05, 4.69) is 27.7 Å². The monoisotopic (exact) mass is 296 g/mol. The van der Waals surface area contributed by atoms with Gasteiger partial charge in [0.25, 0.3) is 0 Å². The van der Waals surface area contributed by atoms with Gasteiger partial charge in [0.2, 0.25) is 0 Å². The molecule has 1 nitrogen and oxygen atoms in total. The van der Waals surface area contributed by atoms with Crippen molar-refractivity contribution >= 4 is 5.78 Å². The van der Waals surface area contributed by atoms with Gasteiger partial charge in [-0.2, -0.15) is 0 Å². The first-order chi connectivity index (χ1) is 10.1. The summed E-state index contributed by atoms with van der Waals surface area (Å²) in [4.78, 5) is 11.7. The number of carbonyl (C=O) groups is 1. The number of hydrogen-bond donors (Lipinski definition) is 0. The quantitative estimate of drug-likeness (QED) is 0.376. The summed E-state index contributed by atoms with van der Waals surface area (Å²) in [5.41, 5.74) is 1.39. The van der Waals surface area contributed by atoms with Crippen LogP contribution in [0.2, 0.25) is 0 Å². The van der Waals surface area contributed by atoms with E-state index in [4.69, 9.17) is 0 Å². The second-order valence-corrected chi connectivity index (χ2v) is 5.85. The second-order valence-electron chi connectivity index (χ2n) is 5.85. The van der Waals surface area contributed by atoms with Gasteiger partial charge in [0.1, 0.15) is 0 Å². The topological polar surface area (TPSA) is 17.1 Å². The average molecular weight is 297 g/mol. The van der Waals surface area contributed by atoms with E-state index in [1.165, 1.54) is 37.7 Å². The average Bonchev–Trinajstić information content (AvgIpc) is 2.52. The Kier molecular flexibility index (Phi) is 17.1. The minimum atomic E-state index is 0.293. The minimum absolute atomic E-state index is 0.293. The highest BCUT2D eigenvalue weighted by Crippen LogP contribution is 2.28. The molecule has 1 heteroatoms. The molecule has 0 aromatic carbocycles. The van der Waals surface area contributed by atoms with E-state index < -0.39 is 0 Å². The summed E-state index contributed by atoms with van der Waals surface area (Å²) >= 11 is 0. The Labute approximate surface area is 134 Å². The lowest BCUT2D eigenvalue weighted by Gasteiger charge is -2.21. The molecule has 0 spiro atoms. The van der Waals surface area contributed by atoms with Crippen molar-refractivity contribution in [1.29, 1.82) is 0 Å². The molecule has 0 aliphatic heterocycles. The van der Waals surface area contributed by atoms with Gasteiger partial charge in [-0.25, -0.2) is 0 Å². The molecular weight excluding hydrogens is 256 g/mol. The highest BCUT2D eigenvalue weighted by atomic mass is 16.1. The first-order valence-electron chi connectivity index (χ1n) is 9.32. The Morgan fingerprint density at radius 3 is 2.05 bits per heavy atom. The maximum Gasteiger partial charge on any atom is 0.155 e. The van der Waals surface area contributed by atoms with Gasteiger partial charge in [-0.05, 0) is 30.8 Å². The van der Waals surface area contributed by atoms with Crippen molar-refractivity contribution < 1.29 is 4.79 Å². The largest absolute Gasteiger partial charge is 0.295 e. The molecule has 0 aliphatic rings. The van der Waals surface area contributed by atoms with Crippen molar-refractivity contribution in [2.24, 2.45) is 11.8 Å². The van der Waals surface area contributed by atoms with Crippen molar-refractivity contribution in [1.82, 2.24) is 0 Å². The standard InChI is InChI=1S/C18H34O.C2H6/c1-6-10-12-16(11-7-2)13-17(15(5)8-3)14-18(19)9-4;1-2/h14-16H,6-13H2,1-5H3;1-2H3/b17-14-;. The van der Waals surface area contributed by atoms with Gasteiger partial charge in [-0.3, -0.25) is 4.79 Å². The molecule has 0 bridgehead atoms. The Morgan fingerprint density at radius 1 is 1.00 bits per heavy atom. The smallest absolute Gasteiger partial charge is 0.155 e. The van der Waals surface area contributed by atoms with E-state index in [1.807, 2.05) is 26.8 Å². The second kappa shape index (κ2) is 15.8. The van der Waals surface area contributed by atoms with Gasteiger partial charge >= 0.3 is 0 Å². The van der Waals surface area contributed by atoms with Crippen LogP contribution >= 0.6 is 0 Å². The van der Waals surface area contributed by atoms with Crippen molar-refractivity contribution in [3.05, 3.63) is 11.6 Å². The zero-order valence-corrected chi connectivity index (χ0v) is 15.8. The molecule has 0 aromatic rings. The van der Waals surface area contributed by atoms with Gasteiger partial charge in [-0.15, -0.1) is 0 Å². The summed E-state index contributed by atoms with van der Waals surface area (Å²) in [6.07, 6.45) is 11.3. The third-order valence-electron chi connectivity index (χ3n) is 4.13. The summed E-state index contributed by atoms with van der Waals surface area (Å²) in [6, 6.07) is 0. The highest BCUT2D eigenvalue weighted by molar-refractivity contribution is 5.90. The van der Waals surface area contributed by atoms with Crippen LogP contribution in [0.25, 0.3) is 0 Å². The fraction of sp³-hybridized carbons (Fsp3) is 0.850. The maximum absolute atomic E-state index is 11.7. The van der Waals surface area contributed by atoms with E-state index >= 15 is 0 Å². The van der Waals surface area contributed by atoms with Crippen LogP contribution in [-0.4, -0.2) is 5.78 Å². The predicted octanol–water partition coefficient (Wildman–Crippen LogP) is 6.96. The Morgan fingerprint density at radius 2 is 1.62 bits per heavy atom. The molecule has 0 amide bonds. The molecule has 126 valence electrons. The number of unbranched alkanes of at least 4 members (excludes halogenated alkanes) is 1. The fourth-order valence-electron chi connectivity index (χ4n) is 2.56. The van der Waals surface area contributed by atoms with Crippen LogP contribution < -0.4 is 0 Å². The lowest BCUT2D eigenvalue weighted by molar-refractivity contribution is -0.114. The Bertz CT molecular complexity index is 265. The normalized spacial score (nSPS) is 14.1. The van der Waals surface area contributed by atoms with E-state index in [0.717, 1.165) is 18.8 Å². The number of carbonyl (C=O) groups excluding carboxylic acids is 1. The molecule has 0 saturated heterocycles. The van der Waals surface area contributed by atoms with E-state index in [1.54, 1.807) is 0 Å². The summed E-state index contributed by atoms with van der Waals surface area (Å²) in [5, 5.41) is 0. The van der Waals surface area contributed by atoms with Gasteiger partial charge in [0.15, 0.2) is 5.78 Å². The molecule has 2 unspecified atom stereocenters. The van der Waals surface area contributed by atoms with Gasteiger partial charge in [0.05, 0.1) is 0 Å². The van der Waals surface area contributed by atoms with E-state index in [9.17, 15) is 4.79 Å². The van der Waals surface area contributed by atoms with Crippen molar-refractivity contribution in [3.8, 4) is 0 Å². The van der Waals surface area contributed by atoms with Crippen LogP contribution in [0.1, 0.15) is 99.8 Å². The molecule has 0 fully saturated rings. The van der Waals surface area contributed by atoms with Crippen LogP contribution in [-0.2, 0) is 4.79 Å². The van der Waals surface area contributed by atoms with E-state index in [0.29, 0.717) is 18.1 Å². The summed E-state index contributed by atoms with van der Waals surface area (Å²) in [7, 11) is 0. The first kappa shape index (κ1) is 22.7. The van der Waals surface area contributed by atoms with Crippen molar-refractivity contribution in [2.45, 2.75) is 99.8 Å². The predicted molar refractivity (Wildman–Crippen MR) is 96.7 cm³/mol. The molecule has 0 N–H and O–H groups in total. The summed E-state index contributed by atoms with van der Waals surface area (Å²) in [5.74, 6) is 1.62. The SMILES string of the molecule is CC.CCCCC(CCC)C/C(=C/C(=O)CC)C(C)CC. The molecule has 0 rings (SSSR count).